The number of hydrogen-bond donors (Lipinski definition) is 1. The summed E-state index contributed by atoms with van der Waals surface area (Å²) in [6.45, 7) is 1.60. The van der Waals surface area contributed by atoms with Crippen LogP contribution in [0.2, 0.25) is 0 Å². The highest BCUT2D eigenvalue weighted by Gasteiger charge is 2.26. The van der Waals surface area contributed by atoms with Crippen LogP contribution in [-0.4, -0.2) is 57.3 Å². The number of aliphatic carboxylic acids is 1. The van der Waals surface area contributed by atoms with Gasteiger partial charge in [0, 0.05) is 49.7 Å². The molecule has 0 radical (unpaired) electrons. The molecule has 1 aliphatic heterocycles. The summed E-state index contributed by atoms with van der Waals surface area (Å²) in [5, 5.41) is 9.33. The molecule has 1 aliphatic rings. The lowest BCUT2D eigenvalue weighted by Gasteiger charge is -2.30. The molecule has 0 spiro atoms. The highest BCUT2D eigenvalue weighted by Crippen LogP contribution is 2.30. The summed E-state index contributed by atoms with van der Waals surface area (Å²) in [5.74, 6) is -1.31. The van der Waals surface area contributed by atoms with E-state index in [2.05, 4.69) is 17.1 Å². The van der Waals surface area contributed by atoms with Gasteiger partial charge in [0.1, 0.15) is 0 Å². The Balaban J connectivity index is 1.44. The standard InChI is InChI=1S/C33H31N3O4/c37-31(38)17-21-35(19-15-24-8-7-18-34-22-24)32(39)29-13-5-3-11-27(29)28-12-4-6-14-30(28)33(40)36-20-16-25-9-1-2-10-26(25)23-36/h1-14,18,22H,15-17,19-21,23H2,(H,37,38). The molecule has 7 heteroatoms. The van der Waals surface area contributed by atoms with E-state index in [4.69, 9.17) is 0 Å². The van der Waals surface area contributed by atoms with Crippen molar-refractivity contribution in [2.75, 3.05) is 19.6 Å². The van der Waals surface area contributed by atoms with Crippen LogP contribution in [0.25, 0.3) is 11.1 Å². The van der Waals surface area contributed by atoms with Gasteiger partial charge < -0.3 is 14.9 Å². The molecular weight excluding hydrogens is 502 g/mol. The van der Waals surface area contributed by atoms with Gasteiger partial charge in [0.05, 0.1) is 6.42 Å². The number of hydrogen-bond acceptors (Lipinski definition) is 4. The zero-order valence-electron chi connectivity index (χ0n) is 22.2. The van der Waals surface area contributed by atoms with Crippen molar-refractivity contribution in [1.82, 2.24) is 14.8 Å². The molecule has 0 saturated heterocycles. The van der Waals surface area contributed by atoms with Gasteiger partial charge in [-0.2, -0.15) is 0 Å². The molecule has 0 fully saturated rings. The third-order valence-electron chi connectivity index (χ3n) is 7.30. The number of benzene rings is 3. The molecule has 2 heterocycles. The van der Waals surface area contributed by atoms with E-state index in [1.54, 1.807) is 29.4 Å². The Morgan fingerprint density at radius 1 is 0.800 bits per heavy atom. The number of carbonyl (C=O) groups excluding carboxylic acids is 2. The molecular formula is C33H31N3O4. The van der Waals surface area contributed by atoms with Crippen molar-refractivity contribution in [1.29, 1.82) is 0 Å². The molecule has 202 valence electrons. The smallest absolute Gasteiger partial charge is 0.305 e. The minimum atomic E-state index is -0.966. The summed E-state index contributed by atoms with van der Waals surface area (Å²) >= 11 is 0. The molecule has 5 rings (SSSR count). The number of aromatic nitrogens is 1. The third-order valence-corrected chi connectivity index (χ3v) is 7.30. The minimum absolute atomic E-state index is 0.0772. The molecule has 40 heavy (non-hydrogen) atoms. The quantitative estimate of drug-likeness (QED) is 0.323. The largest absolute Gasteiger partial charge is 0.481 e. The van der Waals surface area contributed by atoms with Crippen molar-refractivity contribution in [3.63, 3.8) is 0 Å². The lowest BCUT2D eigenvalue weighted by Crippen LogP contribution is -2.36. The van der Waals surface area contributed by atoms with Crippen molar-refractivity contribution in [3.05, 3.63) is 125 Å². The normalized spacial score (nSPS) is 12.4. The van der Waals surface area contributed by atoms with Crippen LogP contribution in [0.5, 0.6) is 0 Å². The Morgan fingerprint density at radius 3 is 2.20 bits per heavy atom. The molecule has 0 bridgehead atoms. The van der Waals surface area contributed by atoms with E-state index < -0.39 is 5.97 Å². The topological polar surface area (TPSA) is 90.8 Å². The Bertz CT molecular complexity index is 1520. The molecule has 7 nitrogen and oxygen atoms in total. The first-order valence-electron chi connectivity index (χ1n) is 13.5. The number of nitrogens with zero attached hydrogens (tertiary/aromatic N) is 3. The summed E-state index contributed by atoms with van der Waals surface area (Å²) in [4.78, 5) is 46.7. The maximum absolute atomic E-state index is 13.9. The Kier molecular flexibility index (Phi) is 8.30. The van der Waals surface area contributed by atoms with Crippen LogP contribution < -0.4 is 0 Å². The van der Waals surface area contributed by atoms with E-state index in [9.17, 15) is 19.5 Å². The van der Waals surface area contributed by atoms with E-state index in [0.717, 1.165) is 17.5 Å². The van der Waals surface area contributed by atoms with Crippen molar-refractivity contribution < 1.29 is 19.5 Å². The Labute approximate surface area is 233 Å². The van der Waals surface area contributed by atoms with Gasteiger partial charge in [-0.1, -0.05) is 66.7 Å². The van der Waals surface area contributed by atoms with Gasteiger partial charge in [0.2, 0.25) is 0 Å². The second-order valence-electron chi connectivity index (χ2n) is 9.88. The number of amides is 2. The van der Waals surface area contributed by atoms with Gasteiger partial charge in [-0.3, -0.25) is 19.4 Å². The number of carbonyl (C=O) groups is 3. The van der Waals surface area contributed by atoms with Gasteiger partial charge >= 0.3 is 5.97 Å². The van der Waals surface area contributed by atoms with E-state index in [1.807, 2.05) is 65.6 Å². The summed E-state index contributed by atoms with van der Waals surface area (Å²) in [7, 11) is 0. The summed E-state index contributed by atoms with van der Waals surface area (Å²) < 4.78 is 0. The minimum Gasteiger partial charge on any atom is -0.481 e. The van der Waals surface area contributed by atoms with Crippen LogP contribution in [0, 0.1) is 0 Å². The fourth-order valence-corrected chi connectivity index (χ4v) is 5.17. The first kappa shape index (κ1) is 26.8. The summed E-state index contributed by atoms with van der Waals surface area (Å²) in [5.41, 5.74) is 5.68. The van der Waals surface area contributed by atoms with E-state index in [-0.39, 0.29) is 24.8 Å². The molecule has 0 saturated carbocycles. The zero-order valence-corrected chi connectivity index (χ0v) is 22.2. The first-order valence-corrected chi connectivity index (χ1v) is 13.5. The molecule has 1 aromatic heterocycles. The highest BCUT2D eigenvalue weighted by atomic mass is 16.4. The van der Waals surface area contributed by atoms with Gasteiger partial charge in [-0.05, 0) is 58.9 Å². The van der Waals surface area contributed by atoms with E-state index in [0.29, 0.717) is 48.3 Å². The predicted octanol–water partition coefficient (Wildman–Crippen LogP) is 5.11. The fraction of sp³-hybridized carbons (Fsp3) is 0.212. The second-order valence-corrected chi connectivity index (χ2v) is 9.88. The second kappa shape index (κ2) is 12.4. The van der Waals surface area contributed by atoms with Gasteiger partial charge in [-0.15, -0.1) is 0 Å². The van der Waals surface area contributed by atoms with Gasteiger partial charge in [-0.25, -0.2) is 0 Å². The van der Waals surface area contributed by atoms with Crippen molar-refractivity contribution in [3.8, 4) is 11.1 Å². The van der Waals surface area contributed by atoms with Crippen molar-refractivity contribution in [2.45, 2.75) is 25.8 Å². The summed E-state index contributed by atoms with van der Waals surface area (Å²) in [6.07, 6.45) is 4.62. The number of fused-ring (bicyclic) bond motifs is 1. The zero-order chi connectivity index (χ0) is 27.9. The first-order chi connectivity index (χ1) is 19.5. The van der Waals surface area contributed by atoms with Gasteiger partial charge in [0.25, 0.3) is 11.8 Å². The Hall–Kier alpha value is -4.78. The molecule has 0 unspecified atom stereocenters. The lowest BCUT2D eigenvalue weighted by molar-refractivity contribution is -0.137. The van der Waals surface area contributed by atoms with Crippen LogP contribution >= 0.6 is 0 Å². The Morgan fingerprint density at radius 2 is 1.48 bits per heavy atom. The van der Waals surface area contributed by atoms with Crippen LogP contribution in [0.15, 0.2) is 97.3 Å². The molecule has 3 aromatic carbocycles. The van der Waals surface area contributed by atoms with Crippen molar-refractivity contribution in [2.24, 2.45) is 0 Å². The fourth-order valence-electron chi connectivity index (χ4n) is 5.17. The molecule has 1 N–H and O–H groups in total. The SMILES string of the molecule is O=C(O)CCN(CCc1cccnc1)C(=O)c1ccccc1-c1ccccc1C(=O)N1CCc2ccccc2C1. The maximum Gasteiger partial charge on any atom is 0.305 e. The lowest BCUT2D eigenvalue weighted by atomic mass is 9.93. The van der Waals surface area contributed by atoms with Crippen LogP contribution in [0.3, 0.4) is 0 Å². The molecule has 0 atom stereocenters. The highest BCUT2D eigenvalue weighted by molar-refractivity contribution is 6.06. The number of rotatable bonds is 9. The summed E-state index contributed by atoms with van der Waals surface area (Å²) in [6, 6.07) is 26.6. The predicted molar refractivity (Wildman–Crippen MR) is 153 cm³/mol. The number of pyridine rings is 1. The van der Waals surface area contributed by atoms with Crippen LogP contribution in [-0.2, 0) is 24.2 Å². The molecule has 0 aliphatic carbocycles. The van der Waals surface area contributed by atoms with Gasteiger partial charge in [0.15, 0.2) is 0 Å². The molecule has 4 aromatic rings. The number of carboxylic acids is 1. The monoisotopic (exact) mass is 533 g/mol. The average Bonchev–Trinajstić information content (AvgIpc) is 3.00. The van der Waals surface area contributed by atoms with Crippen LogP contribution in [0.4, 0.5) is 0 Å². The maximum atomic E-state index is 13.9. The van der Waals surface area contributed by atoms with Crippen molar-refractivity contribution >= 4 is 17.8 Å². The number of carboxylic acid groups (broad SMARTS) is 1. The van der Waals surface area contributed by atoms with E-state index >= 15 is 0 Å². The molecule has 2 amide bonds. The third kappa shape index (κ3) is 6.10. The van der Waals surface area contributed by atoms with E-state index in [1.165, 1.54) is 5.56 Å². The average molecular weight is 534 g/mol. The van der Waals surface area contributed by atoms with Crippen LogP contribution in [0.1, 0.15) is 43.8 Å².